The molecule has 0 radical (unpaired) electrons. The summed E-state index contributed by atoms with van der Waals surface area (Å²) in [6.07, 6.45) is 0. The number of rotatable bonds is 1. The van der Waals surface area contributed by atoms with Gasteiger partial charge in [-0.1, -0.05) is 19.0 Å². The molecule has 1 aromatic heterocycles. The molecule has 0 saturated carbocycles. The molecule has 12 heavy (non-hydrogen) atoms. The van der Waals surface area contributed by atoms with Crippen LogP contribution >= 0.6 is 0 Å². The molecule has 4 nitrogen and oxygen atoms in total. The second-order valence-electron chi connectivity index (χ2n) is 3.51. The van der Waals surface area contributed by atoms with E-state index >= 15 is 0 Å². The van der Waals surface area contributed by atoms with Crippen LogP contribution < -0.4 is 11.1 Å². The number of fused-ring (bicyclic) bond motifs is 1. The van der Waals surface area contributed by atoms with Crippen molar-refractivity contribution in [3.05, 3.63) is 11.3 Å². The van der Waals surface area contributed by atoms with E-state index in [1.54, 1.807) is 0 Å². The van der Waals surface area contributed by atoms with Crippen LogP contribution in [0.1, 0.15) is 31.1 Å². The molecule has 3 N–H and O–H groups in total. The number of nitrogens with zero attached hydrogens (tertiary/aromatic N) is 1. The van der Waals surface area contributed by atoms with Crippen molar-refractivity contribution in [2.75, 3.05) is 5.73 Å². The first-order chi connectivity index (χ1) is 5.70. The highest BCUT2D eigenvalue weighted by atomic mass is 16.5. The Morgan fingerprint density at radius 3 is 3.08 bits per heavy atom. The van der Waals surface area contributed by atoms with E-state index in [9.17, 15) is 0 Å². The van der Waals surface area contributed by atoms with Gasteiger partial charge >= 0.3 is 0 Å². The predicted molar refractivity (Wildman–Crippen MR) is 45.3 cm³/mol. The van der Waals surface area contributed by atoms with Gasteiger partial charge in [-0.2, -0.15) is 0 Å². The van der Waals surface area contributed by atoms with Gasteiger partial charge in [0.25, 0.3) is 0 Å². The van der Waals surface area contributed by atoms with Gasteiger partial charge in [0.1, 0.15) is 5.69 Å². The van der Waals surface area contributed by atoms with Gasteiger partial charge < -0.3 is 15.6 Å². The maximum Gasteiger partial charge on any atom is 0.226 e. The van der Waals surface area contributed by atoms with Crippen molar-refractivity contribution >= 4 is 5.88 Å². The number of aromatic nitrogens is 1. The first kappa shape index (κ1) is 7.61. The smallest absolute Gasteiger partial charge is 0.226 e. The third kappa shape index (κ3) is 0.914. The Morgan fingerprint density at radius 1 is 1.67 bits per heavy atom. The highest BCUT2D eigenvalue weighted by Gasteiger charge is 2.30. The molecule has 2 heterocycles. The Bertz CT molecular complexity index is 292. The molecule has 0 bridgehead atoms. The van der Waals surface area contributed by atoms with E-state index in [1.165, 1.54) is 0 Å². The lowest BCUT2D eigenvalue weighted by Crippen LogP contribution is -2.18. The van der Waals surface area contributed by atoms with E-state index in [4.69, 9.17) is 10.3 Å². The lowest BCUT2D eigenvalue weighted by Gasteiger charge is -2.12. The average molecular weight is 167 g/mol. The van der Waals surface area contributed by atoms with Crippen molar-refractivity contribution in [3.63, 3.8) is 0 Å². The van der Waals surface area contributed by atoms with Gasteiger partial charge in [0.05, 0.1) is 11.6 Å². The van der Waals surface area contributed by atoms with E-state index in [0.29, 0.717) is 17.8 Å². The molecule has 0 spiro atoms. The van der Waals surface area contributed by atoms with Gasteiger partial charge in [-0.25, -0.2) is 0 Å². The molecule has 0 saturated heterocycles. The third-order valence-electron chi connectivity index (χ3n) is 2.31. The summed E-state index contributed by atoms with van der Waals surface area (Å²) >= 11 is 0. The number of nitrogens with one attached hydrogen (secondary N) is 1. The monoisotopic (exact) mass is 167 g/mol. The summed E-state index contributed by atoms with van der Waals surface area (Å²) in [5.41, 5.74) is 7.61. The molecule has 1 unspecified atom stereocenters. The van der Waals surface area contributed by atoms with Crippen LogP contribution in [0.2, 0.25) is 0 Å². The number of hydrogen-bond donors (Lipinski definition) is 2. The van der Waals surface area contributed by atoms with E-state index < -0.39 is 0 Å². The summed E-state index contributed by atoms with van der Waals surface area (Å²) in [5, 5.41) is 7.28. The van der Waals surface area contributed by atoms with Crippen molar-refractivity contribution in [3.8, 4) is 0 Å². The highest BCUT2D eigenvalue weighted by Crippen LogP contribution is 2.32. The van der Waals surface area contributed by atoms with E-state index in [2.05, 4.69) is 24.3 Å². The zero-order valence-electron chi connectivity index (χ0n) is 7.29. The maximum absolute atomic E-state index is 5.59. The normalized spacial score (nSPS) is 21.8. The Hall–Kier alpha value is -1.03. The maximum atomic E-state index is 5.59. The molecule has 4 heteroatoms. The highest BCUT2D eigenvalue weighted by molar-refractivity contribution is 5.42. The van der Waals surface area contributed by atoms with Crippen LogP contribution in [0.4, 0.5) is 5.88 Å². The second kappa shape index (κ2) is 2.48. The molecule has 0 fully saturated rings. The van der Waals surface area contributed by atoms with Crippen LogP contribution in [0.5, 0.6) is 0 Å². The van der Waals surface area contributed by atoms with E-state index in [-0.39, 0.29) is 0 Å². The number of hydrogen-bond acceptors (Lipinski definition) is 4. The van der Waals surface area contributed by atoms with Crippen molar-refractivity contribution in [2.45, 2.75) is 26.4 Å². The van der Waals surface area contributed by atoms with Gasteiger partial charge in [0.2, 0.25) is 5.88 Å². The van der Waals surface area contributed by atoms with Gasteiger partial charge in [-0.05, 0) is 5.92 Å². The fraction of sp³-hybridized carbons (Fsp3) is 0.625. The van der Waals surface area contributed by atoms with Crippen molar-refractivity contribution in [2.24, 2.45) is 5.92 Å². The minimum absolute atomic E-state index is 0.307. The fourth-order valence-corrected chi connectivity index (χ4v) is 1.62. The molecular formula is C8H13N3O. The summed E-state index contributed by atoms with van der Waals surface area (Å²) in [6.45, 7) is 5.09. The summed E-state index contributed by atoms with van der Waals surface area (Å²) in [6, 6.07) is 0.307. The predicted octanol–water partition coefficient (Wildman–Crippen LogP) is 1.06. The second-order valence-corrected chi connectivity index (χ2v) is 3.51. The number of nitrogen functional groups attached to an aromatic ring is 1. The summed E-state index contributed by atoms with van der Waals surface area (Å²) in [5.74, 6) is 0.983. The van der Waals surface area contributed by atoms with Crippen LogP contribution in [0.15, 0.2) is 4.52 Å². The summed E-state index contributed by atoms with van der Waals surface area (Å²) in [7, 11) is 0. The van der Waals surface area contributed by atoms with Crippen LogP contribution in [0.25, 0.3) is 0 Å². The Labute approximate surface area is 71.1 Å². The van der Waals surface area contributed by atoms with Crippen molar-refractivity contribution in [1.29, 1.82) is 0 Å². The molecule has 66 valence electrons. The minimum Gasteiger partial charge on any atom is -0.367 e. The fourth-order valence-electron chi connectivity index (χ4n) is 1.62. The Balaban J connectivity index is 2.36. The van der Waals surface area contributed by atoms with Gasteiger partial charge in [-0.3, -0.25) is 0 Å². The first-order valence-electron chi connectivity index (χ1n) is 4.17. The van der Waals surface area contributed by atoms with Gasteiger partial charge in [-0.15, -0.1) is 0 Å². The molecule has 0 aromatic carbocycles. The lowest BCUT2D eigenvalue weighted by atomic mass is 10.0. The van der Waals surface area contributed by atoms with Crippen LogP contribution in [0, 0.1) is 5.92 Å². The van der Waals surface area contributed by atoms with E-state index in [1.807, 2.05) is 0 Å². The number of anilines is 1. The number of nitrogens with two attached hydrogens (primary N) is 1. The van der Waals surface area contributed by atoms with E-state index in [0.717, 1.165) is 17.8 Å². The Morgan fingerprint density at radius 2 is 2.42 bits per heavy atom. The molecule has 0 aliphatic carbocycles. The van der Waals surface area contributed by atoms with Gasteiger partial charge in [0.15, 0.2) is 0 Å². The molecule has 1 aromatic rings. The van der Waals surface area contributed by atoms with Crippen molar-refractivity contribution in [1.82, 2.24) is 10.5 Å². The summed E-state index contributed by atoms with van der Waals surface area (Å²) in [4.78, 5) is 0. The lowest BCUT2D eigenvalue weighted by molar-refractivity contribution is 0.373. The quantitative estimate of drug-likeness (QED) is 0.656. The molecule has 1 atom stereocenters. The van der Waals surface area contributed by atoms with Crippen molar-refractivity contribution < 1.29 is 4.52 Å². The molecule has 0 amide bonds. The SMILES string of the molecule is CC(C)C1NCc2c1noc2N. The zero-order chi connectivity index (χ0) is 8.72. The zero-order valence-corrected chi connectivity index (χ0v) is 7.29. The standard InChI is InChI=1S/C8H13N3O/c1-4(2)6-7-5(3-10-6)8(9)12-11-7/h4,6,10H,3,9H2,1-2H3. The van der Waals surface area contributed by atoms with Gasteiger partial charge in [0, 0.05) is 6.54 Å². The Kier molecular flexibility index (Phi) is 1.58. The molecule has 1 aliphatic rings. The average Bonchev–Trinajstić information content (AvgIpc) is 2.53. The third-order valence-corrected chi connectivity index (χ3v) is 2.31. The summed E-state index contributed by atoms with van der Waals surface area (Å²) < 4.78 is 4.91. The van der Waals surface area contributed by atoms with Crippen LogP contribution in [-0.2, 0) is 6.54 Å². The minimum atomic E-state index is 0.307. The molecule has 1 aliphatic heterocycles. The largest absolute Gasteiger partial charge is 0.367 e. The molecule has 2 rings (SSSR count). The van der Waals surface area contributed by atoms with Crippen LogP contribution in [0.3, 0.4) is 0 Å². The first-order valence-corrected chi connectivity index (χ1v) is 4.17. The van der Waals surface area contributed by atoms with Crippen LogP contribution in [-0.4, -0.2) is 5.16 Å². The molecular weight excluding hydrogens is 154 g/mol. The topological polar surface area (TPSA) is 64.1 Å².